The van der Waals surface area contributed by atoms with Crippen LogP contribution in [0, 0.1) is 0 Å². The molecule has 0 atom stereocenters. The third kappa shape index (κ3) is 6.26. The minimum atomic E-state index is -0.367. The minimum absolute atomic E-state index is 0.173. The lowest BCUT2D eigenvalue weighted by Crippen LogP contribution is -2.45. The highest BCUT2D eigenvalue weighted by Gasteiger charge is 2.11. The first-order chi connectivity index (χ1) is 18.5. The predicted molar refractivity (Wildman–Crippen MR) is 157 cm³/mol. The number of benzene rings is 4. The molecule has 188 valence electrons. The van der Waals surface area contributed by atoms with Gasteiger partial charge in [0.1, 0.15) is 5.75 Å². The molecule has 1 aromatic heterocycles. The molecule has 0 saturated heterocycles. The van der Waals surface area contributed by atoms with E-state index < -0.39 is 0 Å². The molecular weight excluding hydrogens is 516 g/mol. The maximum atomic E-state index is 12.2. The van der Waals surface area contributed by atoms with Gasteiger partial charge in [-0.05, 0) is 84.0 Å². The van der Waals surface area contributed by atoms with Gasteiger partial charge in [0.05, 0.1) is 11.2 Å². The first kappa shape index (κ1) is 25.2. The van der Waals surface area contributed by atoms with Crippen LogP contribution >= 0.6 is 23.8 Å². The molecule has 1 heterocycles. The predicted octanol–water partition coefficient (Wildman–Crippen LogP) is 6.62. The Morgan fingerprint density at radius 2 is 1.53 bits per heavy atom. The molecule has 6 nitrogen and oxygen atoms in total. The van der Waals surface area contributed by atoms with Gasteiger partial charge >= 0.3 is 0 Å². The van der Waals surface area contributed by atoms with Gasteiger partial charge in [-0.25, -0.2) is 4.98 Å². The molecule has 0 unspecified atom stereocenters. The molecule has 4 aromatic carbocycles. The van der Waals surface area contributed by atoms with Crippen molar-refractivity contribution in [3.05, 3.63) is 114 Å². The molecule has 0 spiro atoms. The van der Waals surface area contributed by atoms with E-state index in [1.807, 2.05) is 91.0 Å². The molecule has 0 bridgehead atoms. The Balaban J connectivity index is 1.24. The molecule has 0 fully saturated rings. The number of nitrogens with zero attached hydrogens (tertiary/aromatic N) is 1. The number of ether oxygens (including phenoxy) is 1. The molecule has 1 amide bonds. The zero-order valence-corrected chi connectivity index (χ0v) is 21.7. The van der Waals surface area contributed by atoms with Crippen molar-refractivity contribution in [3.8, 4) is 28.1 Å². The van der Waals surface area contributed by atoms with Gasteiger partial charge < -0.3 is 10.1 Å². The number of halogens is 1. The summed E-state index contributed by atoms with van der Waals surface area (Å²) in [4.78, 5) is 17.0. The van der Waals surface area contributed by atoms with Crippen LogP contribution in [-0.4, -0.2) is 22.6 Å². The van der Waals surface area contributed by atoms with Crippen LogP contribution in [0.5, 0.6) is 5.75 Å². The summed E-state index contributed by atoms with van der Waals surface area (Å²) in [6, 6.07) is 34.8. The molecule has 38 heavy (non-hydrogen) atoms. The largest absolute Gasteiger partial charge is 0.484 e. The topological polar surface area (TPSA) is 75.3 Å². The summed E-state index contributed by atoms with van der Waals surface area (Å²) < 4.78 is 5.63. The lowest BCUT2D eigenvalue weighted by atomic mass is 9.98. The number of para-hydroxylation sites is 1. The van der Waals surface area contributed by atoms with E-state index in [-0.39, 0.29) is 17.6 Å². The third-order valence-electron chi connectivity index (χ3n) is 5.72. The van der Waals surface area contributed by atoms with E-state index in [9.17, 15) is 4.79 Å². The Hall–Kier alpha value is -4.46. The molecule has 0 saturated carbocycles. The summed E-state index contributed by atoms with van der Waals surface area (Å²) >= 11 is 11.5. The summed E-state index contributed by atoms with van der Waals surface area (Å²) in [7, 11) is 0. The van der Waals surface area contributed by atoms with Crippen LogP contribution in [0.25, 0.3) is 33.3 Å². The SMILES string of the molecule is O=C(COc1ccc(-c2cc(-c3ccccc3)c3cc(Cl)ccc3n2)cc1)NNC(=S)Nc1ccccc1. The average Bonchev–Trinajstić information content (AvgIpc) is 2.96. The number of hydrogen-bond donors (Lipinski definition) is 3. The Labute approximate surface area is 230 Å². The number of carbonyl (C=O) groups is 1. The van der Waals surface area contributed by atoms with Crippen LogP contribution in [0.2, 0.25) is 5.02 Å². The number of aromatic nitrogens is 1. The Morgan fingerprint density at radius 3 is 2.26 bits per heavy atom. The standard InChI is InChI=1S/C30H23ClN4O2S/c31-22-13-16-27-26(17-22)25(20-7-3-1-4-8-20)18-28(33-27)21-11-14-24(15-12-21)37-19-29(36)34-35-30(38)32-23-9-5-2-6-10-23/h1-18H,19H2,(H,34,36)(H2,32,35,38). The number of hydrogen-bond acceptors (Lipinski definition) is 4. The van der Waals surface area contributed by atoms with Crippen LogP contribution < -0.4 is 20.9 Å². The second-order valence-corrected chi connectivity index (χ2v) is 9.23. The molecule has 5 rings (SSSR count). The summed E-state index contributed by atoms with van der Waals surface area (Å²) in [5, 5.41) is 4.90. The second-order valence-electron chi connectivity index (χ2n) is 8.39. The highest BCUT2D eigenvalue weighted by molar-refractivity contribution is 7.80. The van der Waals surface area contributed by atoms with E-state index in [0.29, 0.717) is 10.8 Å². The molecule has 0 radical (unpaired) electrons. The van der Waals surface area contributed by atoms with E-state index in [1.54, 1.807) is 0 Å². The Bertz CT molecular complexity index is 1580. The van der Waals surface area contributed by atoms with Gasteiger partial charge in [0.15, 0.2) is 11.7 Å². The van der Waals surface area contributed by atoms with Crippen LogP contribution in [0.15, 0.2) is 109 Å². The number of thiocarbonyl (C=S) groups is 1. The van der Waals surface area contributed by atoms with E-state index in [1.165, 1.54) is 0 Å². The first-order valence-electron chi connectivity index (χ1n) is 11.8. The molecule has 0 aliphatic rings. The minimum Gasteiger partial charge on any atom is -0.484 e. The normalized spacial score (nSPS) is 10.6. The van der Waals surface area contributed by atoms with Crippen LogP contribution in [-0.2, 0) is 4.79 Å². The first-order valence-corrected chi connectivity index (χ1v) is 12.6. The number of amides is 1. The maximum Gasteiger partial charge on any atom is 0.276 e. The highest BCUT2D eigenvalue weighted by atomic mass is 35.5. The van der Waals surface area contributed by atoms with Gasteiger partial charge in [-0.1, -0.05) is 60.1 Å². The number of nitrogens with one attached hydrogen (secondary N) is 3. The van der Waals surface area contributed by atoms with Crippen molar-refractivity contribution in [1.29, 1.82) is 0 Å². The fourth-order valence-corrected chi connectivity index (χ4v) is 4.26. The number of hydrazine groups is 1. The number of carbonyl (C=O) groups excluding carboxylic acids is 1. The van der Waals surface area contributed by atoms with E-state index in [2.05, 4.69) is 34.4 Å². The molecule has 3 N–H and O–H groups in total. The molecule has 0 aliphatic heterocycles. The smallest absolute Gasteiger partial charge is 0.276 e. The molecule has 8 heteroatoms. The third-order valence-corrected chi connectivity index (χ3v) is 6.16. The van der Waals surface area contributed by atoms with Gasteiger partial charge in [-0.3, -0.25) is 15.6 Å². The van der Waals surface area contributed by atoms with Crippen LogP contribution in [0.1, 0.15) is 0 Å². The summed E-state index contributed by atoms with van der Waals surface area (Å²) in [5.74, 6) is 0.193. The fourth-order valence-electron chi connectivity index (χ4n) is 3.92. The number of fused-ring (bicyclic) bond motifs is 1. The molecule has 0 aliphatic carbocycles. The summed E-state index contributed by atoms with van der Waals surface area (Å²) in [6.45, 7) is -0.173. The number of anilines is 1. The lowest BCUT2D eigenvalue weighted by Gasteiger charge is -2.13. The summed E-state index contributed by atoms with van der Waals surface area (Å²) in [5.41, 5.74) is 10.7. The van der Waals surface area contributed by atoms with Crippen molar-refractivity contribution in [2.75, 3.05) is 11.9 Å². The van der Waals surface area contributed by atoms with Crippen LogP contribution in [0.3, 0.4) is 0 Å². The van der Waals surface area contributed by atoms with Gasteiger partial charge in [-0.2, -0.15) is 0 Å². The van der Waals surface area contributed by atoms with Crippen LogP contribution in [0.4, 0.5) is 5.69 Å². The monoisotopic (exact) mass is 538 g/mol. The quantitative estimate of drug-likeness (QED) is 0.167. The van der Waals surface area contributed by atoms with Crippen molar-refractivity contribution in [2.24, 2.45) is 0 Å². The second kappa shape index (κ2) is 11.7. The summed E-state index contributed by atoms with van der Waals surface area (Å²) in [6.07, 6.45) is 0. The van der Waals surface area contributed by atoms with Crippen molar-refractivity contribution in [2.45, 2.75) is 0 Å². The number of pyridine rings is 1. The van der Waals surface area contributed by atoms with Crippen molar-refractivity contribution in [1.82, 2.24) is 15.8 Å². The maximum absolute atomic E-state index is 12.2. The van der Waals surface area contributed by atoms with E-state index in [0.717, 1.165) is 39.0 Å². The Kier molecular flexibility index (Phi) is 7.78. The zero-order chi connectivity index (χ0) is 26.3. The van der Waals surface area contributed by atoms with Gasteiger partial charge in [0.2, 0.25) is 0 Å². The number of rotatable bonds is 6. The van der Waals surface area contributed by atoms with Crippen molar-refractivity contribution in [3.63, 3.8) is 0 Å². The van der Waals surface area contributed by atoms with Crippen molar-refractivity contribution >= 4 is 51.4 Å². The fraction of sp³-hybridized carbons (Fsp3) is 0.0333. The molecule has 5 aromatic rings. The van der Waals surface area contributed by atoms with Gasteiger partial charge in [0.25, 0.3) is 5.91 Å². The zero-order valence-electron chi connectivity index (χ0n) is 20.1. The lowest BCUT2D eigenvalue weighted by molar-refractivity contribution is -0.123. The highest BCUT2D eigenvalue weighted by Crippen LogP contribution is 2.33. The Morgan fingerprint density at radius 1 is 0.816 bits per heavy atom. The molecular formula is C30H23ClN4O2S. The van der Waals surface area contributed by atoms with E-state index in [4.69, 9.17) is 33.5 Å². The van der Waals surface area contributed by atoms with Crippen molar-refractivity contribution < 1.29 is 9.53 Å². The van der Waals surface area contributed by atoms with Gasteiger partial charge in [0, 0.05) is 21.7 Å². The van der Waals surface area contributed by atoms with Gasteiger partial charge in [-0.15, -0.1) is 0 Å². The average molecular weight is 539 g/mol. The van der Waals surface area contributed by atoms with E-state index >= 15 is 0 Å².